The molecule has 0 unspecified atom stereocenters. The van der Waals surface area contributed by atoms with Crippen molar-refractivity contribution in [3.63, 3.8) is 0 Å². The van der Waals surface area contributed by atoms with Crippen LogP contribution in [0.15, 0.2) is 58.1 Å². The molecule has 3 heterocycles. The quantitative estimate of drug-likeness (QED) is 0.240. The van der Waals surface area contributed by atoms with E-state index in [9.17, 15) is 14.4 Å². The molecule has 0 saturated heterocycles. The molecular formula is C28H30N8O5. The number of aromatic amines is 1. The molecule has 0 radical (unpaired) electrons. The lowest BCUT2D eigenvalue weighted by Crippen LogP contribution is -2.43. The van der Waals surface area contributed by atoms with Gasteiger partial charge in [0.2, 0.25) is 0 Å². The monoisotopic (exact) mass is 558 g/mol. The fourth-order valence-electron chi connectivity index (χ4n) is 4.82. The van der Waals surface area contributed by atoms with Crippen LogP contribution in [0.5, 0.6) is 0 Å². The van der Waals surface area contributed by atoms with Gasteiger partial charge in [0, 0.05) is 25.6 Å². The van der Waals surface area contributed by atoms with Gasteiger partial charge in [-0.25, -0.2) is 19.4 Å². The molecule has 3 aromatic heterocycles. The molecule has 0 aliphatic carbocycles. The van der Waals surface area contributed by atoms with Crippen molar-refractivity contribution >= 4 is 17.1 Å². The predicted octanol–water partition coefficient (Wildman–Crippen LogP) is 2.03. The normalized spacial score (nSPS) is 11.3. The molecule has 13 heteroatoms. The van der Waals surface area contributed by atoms with Gasteiger partial charge in [-0.3, -0.25) is 14.2 Å². The van der Waals surface area contributed by atoms with Gasteiger partial charge < -0.3 is 14.0 Å². The zero-order valence-electron chi connectivity index (χ0n) is 23.0. The molecule has 1 N–H and O–H groups in total. The number of fused-ring (bicyclic) bond motifs is 1. The molecule has 2 aromatic carbocycles. The first-order valence-electron chi connectivity index (χ1n) is 13.2. The second-order valence-electron chi connectivity index (χ2n) is 9.42. The average molecular weight is 559 g/mol. The number of esters is 1. The second kappa shape index (κ2) is 12.1. The van der Waals surface area contributed by atoms with Crippen molar-refractivity contribution in [3.8, 4) is 22.5 Å². The summed E-state index contributed by atoms with van der Waals surface area (Å²) in [4.78, 5) is 43.8. The van der Waals surface area contributed by atoms with E-state index in [-0.39, 0.29) is 24.3 Å². The fourth-order valence-corrected chi connectivity index (χ4v) is 4.82. The molecule has 41 heavy (non-hydrogen) atoms. The van der Waals surface area contributed by atoms with Crippen LogP contribution in [0.4, 0.5) is 0 Å². The standard InChI is InChI=1S/C28H30N8O5/c1-4-7-22-29-26-24(27(38)36(17-23(37)41-3)28(39)34(26)14-15-40-2)35(22)16-18-10-12-19(13-11-18)20-8-5-6-9-21(20)25-30-32-33-31-25/h5-6,8-13H,4,7,14-17H2,1-3H3,(H,30,31,32,33). The number of carbonyl (C=O) groups excluding carboxylic acids is 1. The Morgan fingerprint density at radius 1 is 0.976 bits per heavy atom. The number of tetrazole rings is 1. The Balaban J connectivity index is 1.60. The minimum absolute atomic E-state index is 0.171. The highest BCUT2D eigenvalue weighted by Crippen LogP contribution is 2.30. The number of aryl methyl sites for hydroxylation is 1. The number of rotatable bonds is 11. The highest BCUT2D eigenvalue weighted by Gasteiger charge is 2.23. The molecule has 5 rings (SSSR count). The first-order valence-corrected chi connectivity index (χ1v) is 13.2. The van der Waals surface area contributed by atoms with Gasteiger partial charge in [0.1, 0.15) is 12.4 Å². The fraction of sp³-hybridized carbons (Fsp3) is 0.321. The Labute approximate surface area is 234 Å². The van der Waals surface area contributed by atoms with Gasteiger partial charge in [-0.1, -0.05) is 55.5 Å². The van der Waals surface area contributed by atoms with Gasteiger partial charge in [0.05, 0.1) is 20.3 Å². The van der Waals surface area contributed by atoms with Gasteiger partial charge in [0.15, 0.2) is 17.0 Å². The number of hydrogen-bond acceptors (Lipinski definition) is 9. The predicted molar refractivity (Wildman–Crippen MR) is 150 cm³/mol. The molecule has 13 nitrogen and oxygen atoms in total. The van der Waals surface area contributed by atoms with E-state index in [0.29, 0.717) is 24.6 Å². The Hall–Kier alpha value is -4.91. The molecular weight excluding hydrogens is 528 g/mol. The number of benzene rings is 2. The van der Waals surface area contributed by atoms with E-state index >= 15 is 0 Å². The van der Waals surface area contributed by atoms with E-state index in [2.05, 4.69) is 20.6 Å². The lowest BCUT2D eigenvalue weighted by molar-refractivity contribution is -0.141. The number of carbonyl (C=O) groups is 1. The topological polar surface area (TPSA) is 152 Å². The van der Waals surface area contributed by atoms with Gasteiger partial charge in [-0.15, -0.1) is 5.10 Å². The minimum Gasteiger partial charge on any atom is -0.468 e. The molecule has 212 valence electrons. The smallest absolute Gasteiger partial charge is 0.333 e. The molecule has 0 fully saturated rings. The van der Waals surface area contributed by atoms with Gasteiger partial charge in [0.25, 0.3) is 5.56 Å². The largest absolute Gasteiger partial charge is 0.468 e. The van der Waals surface area contributed by atoms with E-state index in [1.54, 1.807) is 0 Å². The van der Waals surface area contributed by atoms with Crippen molar-refractivity contribution in [2.75, 3.05) is 20.8 Å². The van der Waals surface area contributed by atoms with E-state index in [1.807, 2.05) is 60.0 Å². The summed E-state index contributed by atoms with van der Waals surface area (Å²) in [6.45, 7) is 2.27. The van der Waals surface area contributed by atoms with Crippen molar-refractivity contribution in [1.29, 1.82) is 0 Å². The van der Waals surface area contributed by atoms with Crippen molar-refractivity contribution in [3.05, 3.63) is 80.8 Å². The summed E-state index contributed by atoms with van der Waals surface area (Å²) in [5.41, 5.74) is 3.03. The van der Waals surface area contributed by atoms with Gasteiger partial charge in [-0.2, -0.15) is 0 Å². The first-order chi connectivity index (χ1) is 20.0. The van der Waals surface area contributed by atoms with Gasteiger partial charge >= 0.3 is 11.7 Å². The average Bonchev–Trinajstić information content (AvgIpc) is 3.65. The third-order valence-electron chi connectivity index (χ3n) is 6.83. The van der Waals surface area contributed by atoms with E-state index in [4.69, 9.17) is 14.5 Å². The van der Waals surface area contributed by atoms with Crippen LogP contribution < -0.4 is 11.2 Å². The number of imidazole rings is 1. The Kier molecular flexibility index (Phi) is 8.15. The summed E-state index contributed by atoms with van der Waals surface area (Å²) in [5, 5.41) is 14.2. The molecule has 0 saturated carbocycles. The molecule has 0 amide bonds. The Morgan fingerprint density at radius 2 is 1.73 bits per heavy atom. The van der Waals surface area contributed by atoms with Crippen LogP contribution in [0.25, 0.3) is 33.7 Å². The van der Waals surface area contributed by atoms with E-state index in [1.165, 1.54) is 18.8 Å². The lowest BCUT2D eigenvalue weighted by Gasteiger charge is -2.13. The Bertz CT molecular complexity index is 1790. The molecule has 0 aliphatic rings. The minimum atomic E-state index is -0.696. The van der Waals surface area contributed by atoms with Crippen LogP contribution in [0.2, 0.25) is 0 Å². The maximum absolute atomic E-state index is 13.7. The van der Waals surface area contributed by atoms with E-state index < -0.39 is 23.8 Å². The van der Waals surface area contributed by atoms with Crippen molar-refractivity contribution in [1.82, 2.24) is 39.3 Å². The lowest BCUT2D eigenvalue weighted by atomic mass is 9.98. The Morgan fingerprint density at radius 3 is 2.39 bits per heavy atom. The third-order valence-corrected chi connectivity index (χ3v) is 6.83. The zero-order chi connectivity index (χ0) is 28.9. The summed E-state index contributed by atoms with van der Waals surface area (Å²) in [7, 11) is 2.74. The summed E-state index contributed by atoms with van der Waals surface area (Å²) in [6.07, 6.45) is 1.38. The van der Waals surface area contributed by atoms with Crippen molar-refractivity contribution in [2.24, 2.45) is 0 Å². The number of methoxy groups -OCH3 is 2. The number of aromatic nitrogens is 8. The number of nitrogens with zero attached hydrogens (tertiary/aromatic N) is 7. The molecule has 5 aromatic rings. The summed E-state index contributed by atoms with van der Waals surface area (Å²) in [6, 6.07) is 15.8. The summed E-state index contributed by atoms with van der Waals surface area (Å²) >= 11 is 0. The van der Waals surface area contributed by atoms with Crippen LogP contribution in [0, 0.1) is 0 Å². The number of hydrogen-bond donors (Lipinski definition) is 1. The molecule has 0 aliphatic heterocycles. The molecule has 0 bridgehead atoms. The summed E-state index contributed by atoms with van der Waals surface area (Å²) < 4.78 is 14.1. The van der Waals surface area contributed by atoms with Crippen LogP contribution in [0.3, 0.4) is 0 Å². The SMILES string of the molecule is CCCc1nc2c(c(=O)n(CC(=O)OC)c(=O)n2CCOC)n1Cc1ccc(-c2ccccc2-c2nnn[nH]2)cc1. The summed E-state index contributed by atoms with van der Waals surface area (Å²) in [5.74, 6) is 0.549. The van der Waals surface area contributed by atoms with Crippen LogP contribution >= 0.6 is 0 Å². The van der Waals surface area contributed by atoms with Gasteiger partial charge in [-0.05, 0) is 33.5 Å². The molecule has 0 atom stereocenters. The second-order valence-corrected chi connectivity index (χ2v) is 9.42. The highest BCUT2D eigenvalue weighted by molar-refractivity contribution is 5.80. The van der Waals surface area contributed by atoms with Crippen molar-refractivity contribution in [2.45, 2.75) is 39.4 Å². The van der Waals surface area contributed by atoms with Crippen LogP contribution in [-0.4, -0.2) is 66.1 Å². The zero-order valence-corrected chi connectivity index (χ0v) is 23.0. The van der Waals surface area contributed by atoms with Crippen molar-refractivity contribution < 1.29 is 14.3 Å². The number of ether oxygens (including phenoxy) is 2. The third kappa shape index (κ3) is 5.43. The van der Waals surface area contributed by atoms with Crippen LogP contribution in [-0.2, 0) is 40.3 Å². The first kappa shape index (κ1) is 27.6. The van der Waals surface area contributed by atoms with Crippen LogP contribution in [0.1, 0.15) is 24.7 Å². The maximum atomic E-state index is 13.7. The number of H-pyrrole nitrogens is 1. The van der Waals surface area contributed by atoms with E-state index in [0.717, 1.165) is 33.2 Å². The maximum Gasteiger partial charge on any atom is 0.333 e. The number of nitrogens with one attached hydrogen (secondary N) is 1. The highest BCUT2D eigenvalue weighted by atomic mass is 16.5. The molecule has 0 spiro atoms.